The van der Waals surface area contributed by atoms with E-state index < -0.39 is 5.41 Å². The Kier molecular flexibility index (Phi) is 5.44. The zero-order valence-corrected chi connectivity index (χ0v) is 11.6. The van der Waals surface area contributed by atoms with Crippen LogP contribution in [0.1, 0.15) is 59.3 Å². The molecule has 0 aromatic rings. The molecule has 3 N–H and O–H groups in total. The molecule has 0 aliphatic heterocycles. The van der Waals surface area contributed by atoms with Crippen LogP contribution in [0.4, 0.5) is 0 Å². The summed E-state index contributed by atoms with van der Waals surface area (Å²) in [5, 5.41) is 3.20. The van der Waals surface area contributed by atoms with Gasteiger partial charge in [-0.1, -0.05) is 26.7 Å². The third kappa shape index (κ3) is 3.98. The average Bonchev–Trinajstić information content (AvgIpc) is 2.53. The van der Waals surface area contributed by atoms with E-state index in [0.29, 0.717) is 12.6 Å². The zero-order valence-electron chi connectivity index (χ0n) is 11.6. The van der Waals surface area contributed by atoms with Gasteiger partial charge >= 0.3 is 0 Å². The van der Waals surface area contributed by atoms with Gasteiger partial charge in [-0.05, 0) is 38.5 Å². The normalized spacial score (nSPS) is 29.2. The Morgan fingerprint density at radius 2 is 2.06 bits per heavy atom. The number of rotatable bonds is 4. The van der Waals surface area contributed by atoms with Crippen LogP contribution < -0.4 is 11.1 Å². The lowest BCUT2D eigenvalue weighted by atomic mass is 9.86. The molecule has 1 rings (SSSR count). The number of carbonyl (C=O) groups excluding carboxylic acids is 1. The molecule has 0 aromatic carbocycles. The van der Waals surface area contributed by atoms with Gasteiger partial charge in [-0.3, -0.25) is 4.79 Å². The van der Waals surface area contributed by atoms with Crippen LogP contribution in [0.2, 0.25) is 0 Å². The van der Waals surface area contributed by atoms with Crippen LogP contribution in [0.3, 0.4) is 0 Å². The maximum atomic E-state index is 12.2. The van der Waals surface area contributed by atoms with Gasteiger partial charge in [0, 0.05) is 12.6 Å². The van der Waals surface area contributed by atoms with Crippen LogP contribution in [0.5, 0.6) is 0 Å². The van der Waals surface area contributed by atoms with Gasteiger partial charge in [0.25, 0.3) is 0 Å². The lowest BCUT2D eigenvalue weighted by molar-refractivity contribution is -0.130. The van der Waals surface area contributed by atoms with Gasteiger partial charge < -0.3 is 11.1 Å². The number of hydrogen-bond donors (Lipinski definition) is 2. The SMILES string of the molecule is CCC(C)(CN)C(=O)NC1CCCC(C)CC1. The van der Waals surface area contributed by atoms with Crippen molar-refractivity contribution in [3.63, 3.8) is 0 Å². The minimum Gasteiger partial charge on any atom is -0.353 e. The summed E-state index contributed by atoms with van der Waals surface area (Å²) in [7, 11) is 0. The van der Waals surface area contributed by atoms with Crippen molar-refractivity contribution in [3.05, 3.63) is 0 Å². The Labute approximate surface area is 106 Å². The second kappa shape index (κ2) is 6.39. The molecule has 0 saturated heterocycles. The van der Waals surface area contributed by atoms with Gasteiger partial charge in [-0.2, -0.15) is 0 Å². The Bertz CT molecular complexity index is 249. The maximum absolute atomic E-state index is 12.2. The standard InChI is InChI=1S/C14H28N2O/c1-4-14(3,10-15)13(17)16-12-7-5-6-11(2)8-9-12/h11-12H,4-10,15H2,1-3H3,(H,16,17). The van der Waals surface area contributed by atoms with E-state index in [1.165, 1.54) is 19.3 Å². The van der Waals surface area contributed by atoms with Crippen molar-refractivity contribution in [2.24, 2.45) is 17.1 Å². The van der Waals surface area contributed by atoms with E-state index in [-0.39, 0.29) is 5.91 Å². The second-order valence-corrected chi connectivity index (χ2v) is 5.90. The Hall–Kier alpha value is -0.570. The van der Waals surface area contributed by atoms with Crippen molar-refractivity contribution in [3.8, 4) is 0 Å². The first-order chi connectivity index (χ1) is 8.01. The fraction of sp³-hybridized carbons (Fsp3) is 0.929. The Morgan fingerprint density at radius 3 is 2.65 bits per heavy atom. The predicted octanol–water partition coefficient (Wildman–Crippen LogP) is 2.45. The van der Waals surface area contributed by atoms with Crippen LogP contribution in [0.15, 0.2) is 0 Å². The summed E-state index contributed by atoms with van der Waals surface area (Å²) in [6.07, 6.45) is 6.82. The highest BCUT2D eigenvalue weighted by molar-refractivity contribution is 5.82. The molecule has 0 spiro atoms. The molecule has 1 amide bonds. The lowest BCUT2D eigenvalue weighted by Gasteiger charge is -2.28. The van der Waals surface area contributed by atoms with Crippen molar-refractivity contribution in [2.75, 3.05) is 6.54 Å². The fourth-order valence-corrected chi connectivity index (χ4v) is 2.39. The molecule has 1 fully saturated rings. The van der Waals surface area contributed by atoms with Crippen LogP contribution in [-0.4, -0.2) is 18.5 Å². The summed E-state index contributed by atoms with van der Waals surface area (Å²) in [6, 6.07) is 0.366. The molecule has 3 nitrogen and oxygen atoms in total. The predicted molar refractivity (Wildman–Crippen MR) is 71.6 cm³/mol. The number of nitrogens with one attached hydrogen (secondary N) is 1. The van der Waals surface area contributed by atoms with Crippen molar-refractivity contribution >= 4 is 5.91 Å². The third-order valence-electron chi connectivity index (χ3n) is 4.37. The molecular weight excluding hydrogens is 212 g/mol. The summed E-state index contributed by atoms with van der Waals surface area (Å²) in [5.41, 5.74) is 5.32. The highest BCUT2D eigenvalue weighted by atomic mass is 16.2. The summed E-state index contributed by atoms with van der Waals surface area (Å²) in [5.74, 6) is 0.950. The number of amides is 1. The highest BCUT2D eigenvalue weighted by Crippen LogP contribution is 2.25. The van der Waals surface area contributed by atoms with Gasteiger partial charge in [0.15, 0.2) is 0 Å². The van der Waals surface area contributed by atoms with Crippen molar-refractivity contribution in [1.82, 2.24) is 5.32 Å². The molecule has 1 aliphatic rings. The highest BCUT2D eigenvalue weighted by Gasteiger charge is 2.31. The van der Waals surface area contributed by atoms with E-state index in [4.69, 9.17) is 5.73 Å². The molecular formula is C14H28N2O. The molecule has 1 aliphatic carbocycles. The second-order valence-electron chi connectivity index (χ2n) is 5.90. The third-order valence-corrected chi connectivity index (χ3v) is 4.37. The molecule has 0 aromatic heterocycles. The fourth-order valence-electron chi connectivity index (χ4n) is 2.39. The van der Waals surface area contributed by atoms with Gasteiger partial charge in [0.1, 0.15) is 0 Å². The van der Waals surface area contributed by atoms with E-state index in [0.717, 1.165) is 25.2 Å². The number of hydrogen-bond acceptors (Lipinski definition) is 2. The van der Waals surface area contributed by atoms with E-state index in [1.54, 1.807) is 0 Å². The first-order valence-corrected chi connectivity index (χ1v) is 7.03. The molecule has 3 unspecified atom stereocenters. The lowest BCUT2D eigenvalue weighted by Crippen LogP contribution is -2.47. The summed E-state index contributed by atoms with van der Waals surface area (Å²) >= 11 is 0. The van der Waals surface area contributed by atoms with Gasteiger partial charge in [0.2, 0.25) is 5.91 Å². The van der Waals surface area contributed by atoms with E-state index in [9.17, 15) is 4.79 Å². The molecule has 3 atom stereocenters. The largest absolute Gasteiger partial charge is 0.353 e. The molecule has 3 heteroatoms. The van der Waals surface area contributed by atoms with Crippen molar-refractivity contribution in [2.45, 2.75) is 65.3 Å². The summed E-state index contributed by atoms with van der Waals surface area (Å²) < 4.78 is 0. The van der Waals surface area contributed by atoms with E-state index in [1.807, 2.05) is 13.8 Å². The summed E-state index contributed by atoms with van der Waals surface area (Å²) in [4.78, 5) is 12.2. The average molecular weight is 240 g/mol. The van der Waals surface area contributed by atoms with Crippen molar-refractivity contribution < 1.29 is 4.79 Å². The quantitative estimate of drug-likeness (QED) is 0.742. The van der Waals surface area contributed by atoms with E-state index in [2.05, 4.69) is 12.2 Å². The van der Waals surface area contributed by atoms with Gasteiger partial charge in [-0.25, -0.2) is 0 Å². The Balaban J connectivity index is 2.50. The van der Waals surface area contributed by atoms with Gasteiger partial charge in [0.05, 0.1) is 5.41 Å². The van der Waals surface area contributed by atoms with Crippen LogP contribution >= 0.6 is 0 Å². The van der Waals surface area contributed by atoms with Crippen molar-refractivity contribution in [1.29, 1.82) is 0 Å². The monoisotopic (exact) mass is 240 g/mol. The number of carbonyl (C=O) groups is 1. The molecule has 1 saturated carbocycles. The molecule has 0 bridgehead atoms. The van der Waals surface area contributed by atoms with Crippen LogP contribution in [0.25, 0.3) is 0 Å². The van der Waals surface area contributed by atoms with E-state index >= 15 is 0 Å². The maximum Gasteiger partial charge on any atom is 0.227 e. The topological polar surface area (TPSA) is 55.1 Å². The van der Waals surface area contributed by atoms with Gasteiger partial charge in [-0.15, -0.1) is 0 Å². The molecule has 100 valence electrons. The Morgan fingerprint density at radius 1 is 1.35 bits per heavy atom. The first-order valence-electron chi connectivity index (χ1n) is 7.03. The smallest absolute Gasteiger partial charge is 0.227 e. The molecule has 17 heavy (non-hydrogen) atoms. The van der Waals surface area contributed by atoms with Crippen LogP contribution in [-0.2, 0) is 4.79 Å². The zero-order chi connectivity index (χ0) is 12.9. The minimum atomic E-state index is -0.391. The minimum absolute atomic E-state index is 0.141. The number of nitrogens with two attached hydrogens (primary N) is 1. The molecule has 0 heterocycles. The van der Waals surface area contributed by atoms with Crippen LogP contribution in [0, 0.1) is 11.3 Å². The first kappa shape index (κ1) is 14.5. The summed E-state index contributed by atoms with van der Waals surface area (Å²) in [6.45, 7) is 6.72. The molecule has 0 radical (unpaired) electrons.